The minimum absolute atomic E-state index is 0.0573. The first-order valence-corrected chi connectivity index (χ1v) is 7.91. The smallest absolute Gasteiger partial charge is 0.242 e. The molecule has 1 amide bonds. The van der Waals surface area contributed by atoms with Gasteiger partial charge in [0.05, 0.1) is 12.2 Å². The summed E-state index contributed by atoms with van der Waals surface area (Å²) in [5.74, 6) is 1.08. The van der Waals surface area contributed by atoms with Crippen LogP contribution in [0.1, 0.15) is 37.5 Å². The van der Waals surface area contributed by atoms with E-state index in [1.165, 1.54) is 0 Å². The van der Waals surface area contributed by atoms with E-state index in [1.54, 1.807) is 17.7 Å². The summed E-state index contributed by atoms with van der Waals surface area (Å²) in [7, 11) is 3.85. The molecule has 0 unspecified atom stereocenters. The number of aromatic nitrogens is 3. The fourth-order valence-electron chi connectivity index (χ4n) is 2.54. The first kappa shape index (κ1) is 17.2. The van der Waals surface area contributed by atoms with Crippen LogP contribution in [0.2, 0.25) is 0 Å². The van der Waals surface area contributed by atoms with E-state index >= 15 is 0 Å². The van der Waals surface area contributed by atoms with Gasteiger partial charge in [-0.1, -0.05) is 24.9 Å². The lowest BCUT2D eigenvalue weighted by Crippen LogP contribution is -2.41. The Morgan fingerprint density at radius 1 is 1.52 bits per heavy atom. The van der Waals surface area contributed by atoms with Gasteiger partial charge in [-0.05, 0) is 20.4 Å². The average molecular weight is 319 g/mol. The van der Waals surface area contributed by atoms with Crippen molar-refractivity contribution in [3.05, 3.63) is 29.8 Å². The number of rotatable bonds is 8. The van der Waals surface area contributed by atoms with Gasteiger partial charge in [-0.15, -0.1) is 0 Å². The fourth-order valence-corrected chi connectivity index (χ4v) is 2.54. The molecule has 0 saturated heterocycles. The van der Waals surface area contributed by atoms with Crippen molar-refractivity contribution in [2.45, 2.75) is 45.7 Å². The summed E-state index contributed by atoms with van der Waals surface area (Å²) in [5.41, 5.74) is 1.08. The van der Waals surface area contributed by atoms with E-state index < -0.39 is 0 Å². The molecule has 0 saturated carbocycles. The Kier molecular flexibility index (Phi) is 5.92. The van der Waals surface area contributed by atoms with Gasteiger partial charge in [-0.3, -0.25) is 14.4 Å². The van der Waals surface area contributed by atoms with E-state index in [2.05, 4.69) is 27.4 Å². The Balaban J connectivity index is 2.03. The lowest BCUT2D eigenvalue weighted by molar-refractivity contribution is -0.121. The molecule has 0 fully saturated rings. The minimum atomic E-state index is -0.216. The van der Waals surface area contributed by atoms with E-state index in [-0.39, 0.29) is 11.9 Å². The Bertz CT molecular complexity index is 634. The third-order valence-electron chi connectivity index (χ3n) is 3.74. The zero-order valence-electron chi connectivity index (χ0n) is 14.2. The van der Waals surface area contributed by atoms with Crippen LogP contribution in [-0.4, -0.2) is 38.8 Å². The topological polar surface area (TPSA) is 76.2 Å². The molecule has 126 valence electrons. The molecular weight excluding hydrogens is 294 g/mol. The van der Waals surface area contributed by atoms with Crippen molar-refractivity contribution in [2.24, 2.45) is 7.05 Å². The number of carbonyl (C=O) groups excluding carboxylic acids is 1. The lowest BCUT2D eigenvalue weighted by Gasteiger charge is -2.26. The van der Waals surface area contributed by atoms with E-state index in [9.17, 15) is 4.79 Å². The molecule has 2 rings (SSSR count). The molecule has 0 aliphatic rings. The van der Waals surface area contributed by atoms with E-state index in [0.29, 0.717) is 18.1 Å². The van der Waals surface area contributed by atoms with Crippen LogP contribution in [0.4, 0.5) is 5.82 Å². The Labute approximate surface area is 136 Å². The molecule has 2 aromatic rings. The maximum Gasteiger partial charge on any atom is 0.242 e. The van der Waals surface area contributed by atoms with Crippen molar-refractivity contribution in [3.63, 3.8) is 0 Å². The number of hydrogen-bond donors (Lipinski definition) is 1. The standard InChI is InChI=1S/C16H25N5O2/c1-5-6-7-14(16(22)18-15-8-12(2)23-19-15)20(3)10-13-9-17-21(4)11-13/h8-9,11,14H,5-7,10H2,1-4H3,(H,18,19,22)/t14-/m0/s1. The third kappa shape index (κ3) is 4.92. The van der Waals surface area contributed by atoms with Crippen molar-refractivity contribution in [3.8, 4) is 0 Å². The van der Waals surface area contributed by atoms with Crippen molar-refractivity contribution in [1.82, 2.24) is 19.8 Å². The van der Waals surface area contributed by atoms with Crippen LogP contribution in [0.5, 0.6) is 0 Å². The highest BCUT2D eigenvalue weighted by Gasteiger charge is 2.24. The second-order valence-corrected chi connectivity index (χ2v) is 5.91. The monoisotopic (exact) mass is 319 g/mol. The largest absolute Gasteiger partial charge is 0.360 e. The SMILES string of the molecule is CCCC[C@@H](C(=O)Nc1cc(C)on1)N(C)Cc1cnn(C)c1. The number of hydrogen-bond acceptors (Lipinski definition) is 5. The number of aryl methyl sites for hydroxylation is 2. The van der Waals surface area contributed by atoms with Gasteiger partial charge in [0, 0.05) is 31.4 Å². The normalized spacial score (nSPS) is 12.6. The predicted molar refractivity (Wildman–Crippen MR) is 87.9 cm³/mol. The van der Waals surface area contributed by atoms with E-state index in [0.717, 1.165) is 24.8 Å². The molecule has 0 aliphatic carbocycles. The summed E-state index contributed by atoms with van der Waals surface area (Å²) in [6.45, 7) is 4.59. The van der Waals surface area contributed by atoms with Crippen molar-refractivity contribution in [1.29, 1.82) is 0 Å². The van der Waals surface area contributed by atoms with Crippen LogP contribution in [0.15, 0.2) is 23.0 Å². The van der Waals surface area contributed by atoms with Gasteiger partial charge >= 0.3 is 0 Å². The zero-order chi connectivity index (χ0) is 16.8. The Morgan fingerprint density at radius 3 is 2.87 bits per heavy atom. The highest BCUT2D eigenvalue weighted by atomic mass is 16.5. The van der Waals surface area contributed by atoms with Crippen LogP contribution in [0.3, 0.4) is 0 Å². The highest BCUT2D eigenvalue weighted by Crippen LogP contribution is 2.15. The molecule has 0 aromatic carbocycles. The Hall–Kier alpha value is -2.15. The molecule has 0 radical (unpaired) electrons. The Morgan fingerprint density at radius 2 is 2.30 bits per heavy atom. The second-order valence-electron chi connectivity index (χ2n) is 5.91. The molecule has 0 bridgehead atoms. The van der Waals surface area contributed by atoms with Gasteiger partial charge in [-0.25, -0.2) is 0 Å². The molecule has 1 N–H and O–H groups in total. The van der Waals surface area contributed by atoms with Crippen molar-refractivity contribution in [2.75, 3.05) is 12.4 Å². The van der Waals surface area contributed by atoms with Crippen molar-refractivity contribution >= 4 is 11.7 Å². The van der Waals surface area contributed by atoms with E-state index in [1.807, 2.05) is 26.5 Å². The molecule has 2 heterocycles. The number of anilines is 1. The number of nitrogens with zero attached hydrogens (tertiary/aromatic N) is 4. The molecule has 7 nitrogen and oxygen atoms in total. The maximum atomic E-state index is 12.6. The molecule has 1 atom stereocenters. The summed E-state index contributed by atoms with van der Waals surface area (Å²) in [6, 6.07) is 1.50. The van der Waals surface area contributed by atoms with Crippen LogP contribution in [-0.2, 0) is 18.4 Å². The molecule has 2 aromatic heterocycles. The summed E-state index contributed by atoms with van der Waals surface area (Å²) in [5, 5.41) is 10.8. The van der Waals surface area contributed by atoms with Gasteiger partial charge in [-0.2, -0.15) is 5.10 Å². The van der Waals surface area contributed by atoms with Crippen LogP contribution < -0.4 is 5.32 Å². The first-order valence-electron chi connectivity index (χ1n) is 7.91. The average Bonchev–Trinajstić information content (AvgIpc) is 3.08. The summed E-state index contributed by atoms with van der Waals surface area (Å²) in [4.78, 5) is 14.7. The predicted octanol–water partition coefficient (Wildman–Crippen LogP) is 2.35. The molecule has 23 heavy (non-hydrogen) atoms. The number of carbonyl (C=O) groups is 1. The molecule has 0 spiro atoms. The maximum absolute atomic E-state index is 12.6. The van der Waals surface area contributed by atoms with Crippen molar-refractivity contribution < 1.29 is 9.32 Å². The fraction of sp³-hybridized carbons (Fsp3) is 0.562. The second kappa shape index (κ2) is 7.92. The molecular formula is C16H25N5O2. The molecule has 7 heteroatoms. The number of nitrogens with one attached hydrogen (secondary N) is 1. The number of unbranched alkanes of at least 4 members (excludes halogenated alkanes) is 1. The summed E-state index contributed by atoms with van der Waals surface area (Å²) < 4.78 is 6.76. The number of likely N-dealkylation sites (N-methyl/N-ethyl adjacent to an activating group) is 1. The zero-order valence-corrected chi connectivity index (χ0v) is 14.2. The highest BCUT2D eigenvalue weighted by molar-refractivity contribution is 5.93. The van der Waals surface area contributed by atoms with Gasteiger partial charge < -0.3 is 9.84 Å². The molecule has 0 aliphatic heterocycles. The number of amides is 1. The van der Waals surface area contributed by atoms with Gasteiger partial charge in [0.2, 0.25) is 5.91 Å². The quantitative estimate of drug-likeness (QED) is 0.808. The van der Waals surface area contributed by atoms with Crippen LogP contribution >= 0.6 is 0 Å². The van der Waals surface area contributed by atoms with Crippen LogP contribution in [0.25, 0.3) is 0 Å². The summed E-state index contributed by atoms with van der Waals surface area (Å²) >= 11 is 0. The van der Waals surface area contributed by atoms with E-state index in [4.69, 9.17) is 4.52 Å². The first-order chi connectivity index (χ1) is 11.0. The summed E-state index contributed by atoms with van der Waals surface area (Å²) in [6.07, 6.45) is 6.63. The lowest BCUT2D eigenvalue weighted by atomic mass is 10.1. The van der Waals surface area contributed by atoms with Crippen LogP contribution in [0, 0.1) is 6.92 Å². The van der Waals surface area contributed by atoms with Gasteiger partial charge in [0.1, 0.15) is 5.76 Å². The van der Waals surface area contributed by atoms with Gasteiger partial charge in [0.25, 0.3) is 0 Å². The van der Waals surface area contributed by atoms with Gasteiger partial charge in [0.15, 0.2) is 5.82 Å². The third-order valence-corrected chi connectivity index (χ3v) is 3.74. The minimum Gasteiger partial charge on any atom is -0.360 e.